The fourth-order valence-electron chi connectivity index (χ4n) is 1.68. The Labute approximate surface area is 103 Å². The number of benzene rings is 1. The molecule has 2 rings (SSSR count). The monoisotopic (exact) mass is 257 g/mol. The van der Waals surface area contributed by atoms with Crippen molar-refractivity contribution in [1.29, 1.82) is 0 Å². The van der Waals surface area contributed by atoms with Crippen molar-refractivity contribution in [2.24, 2.45) is 0 Å². The smallest absolute Gasteiger partial charge is 0.314 e. The zero-order chi connectivity index (χ0) is 12.4. The highest BCUT2D eigenvalue weighted by molar-refractivity contribution is 6.21. The maximum Gasteiger partial charge on any atom is 0.314 e. The quantitative estimate of drug-likeness (QED) is 0.473. The van der Waals surface area contributed by atoms with E-state index in [9.17, 15) is 10.1 Å². The average Bonchev–Trinajstić information content (AvgIpc) is 2.27. The van der Waals surface area contributed by atoms with Crippen molar-refractivity contribution in [2.75, 3.05) is 7.11 Å². The van der Waals surface area contributed by atoms with Gasteiger partial charge in [-0.05, 0) is 12.1 Å². The summed E-state index contributed by atoms with van der Waals surface area (Å²) in [5, 5.41) is 11.0. The van der Waals surface area contributed by atoms with Crippen molar-refractivity contribution >= 4 is 17.3 Å². The lowest BCUT2D eigenvalue weighted by atomic mass is 9.95. The SMILES string of the molecule is COc1ccc(OC2CC(Cl)C2)cc1[N+](=O)[O-]. The third kappa shape index (κ3) is 2.61. The molecule has 1 saturated carbocycles. The minimum absolute atomic E-state index is 0.0606. The lowest BCUT2D eigenvalue weighted by molar-refractivity contribution is -0.385. The van der Waals surface area contributed by atoms with Crippen LogP contribution in [0, 0.1) is 10.1 Å². The minimum atomic E-state index is -0.489. The summed E-state index contributed by atoms with van der Waals surface area (Å²) in [6, 6.07) is 4.57. The Morgan fingerprint density at radius 3 is 2.71 bits per heavy atom. The third-order valence-electron chi connectivity index (χ3n) is 2.69. The van der Waals surface area contributed by atoms with E-state index in [4.69, 9.17) is 21.1 Å². The van der Waals surface area contributed by atoms with Crippen LogP contribution in [0.2, 0.25) is 0 Å². The van der Waals surface area contributed by atoms with Crippen molar-refractivity contribution in [2.45, 2.75) is 24.3 Å². The molecule has 0 heterocycles. The van der Waals surface area contributed by atoms with E-state index in [1.807, 2.05) is 0 Å². The van der Waals surface area contributed by atoms with E-state index in [1.54, 1.807) is 6.07 Å². The molecule has 0 radical (unpaired) electrons. The van der Waals surface area contributed by atoms with Gasteiger partial charge in [0.15, 0.2) is 5.75 Å². The molecule has 0 saturated heterocycles. The topological polar surface area (TPSA) is 61.6 Å². The predicted octanol–water partition coefficient (Wildman–Crippen LogP) is 2.75. The van der Waals surface area contributed by atoms with Gasteiger partial charge < -0.3 is 9.47 Å². The number of nitrogens with zero attached hydrogens (tertiary/aromatic N) is 1. The van der Waals surface area contributed by atoms with Crippen LogP contribution in [0.4, 0.5) is 5.69 Å². The zero-order valence-electron chi connectivity index (χ0n) is 9.26. The van der Waals surface area contributed by atoms with E-state index in [-0.39, 0.29) is 22.9 Å². The molecule has 0 atom stereocenters. The Balaban J connectivity index is 2.13. The summed E-state index contributed by atoms with van der Waals surface area (Å²) >= 11 is 5.83. The Bertz CT molecular complexity index is 431. The number of rotatable bonds is 4. The molecule has 1 aliphatic carbocycles. The molecular formula is C11H12ClNO4. The van der Waals surface area contributed by atoms with Crippen LogP contribution >= 0.6 is 11.6 Å². The van der Waals surface area contributed by atoms with Gasteiger partial charge in [-0.1, -0.05) is 0 Å². The maximum absolute atomic E-state index is 10.8. The van der Waals surface area contributed by atoms with Gasteiger partial charge >= 0.3 is 5.69 Å². The van der Waals surface area contributed by atoms with Crippen LogP contribution in [0.1, 0.15) is 12.8 Å². The first-order valence-electron chi connectivity index (χ1n) is 5.23. The summed E-state index contributed by atoms with van der Waals surface area (Å²) in [4.78, 5) is 10.3. The molecule has 1 aromatic carbocycles. The zero-order valence-corrected chi connectivity index (χ0v) is 10.0. The van der Waals surface area contributed by atoms with Crippen molar-refractivity contribution in [3.8, 4) is 11.5 Å². The standard InChI is InChI=1S/C11H12ClNO4/c1-16-11-3-2-8(6-10(11)13(14)15)17-9-4-7(12)5-9/h2-3,6-7,9H,4-5H2,1H3. The lowest BCUT2D eigenvalue weighted by Crippen LogP contribution is -2.34. The summed E-state index contributed by atoms with van der Waals surface area (Å²) in [6.07, 6.45) is 1.62. The molecule has 0 N–H and O–H groups in total. The summed E-state index contributed by atoms with van der Waals surface area (Å²) in [6.45, 7) is 0. The third-order valence-corrected chi connectivity index (χ3v) is 3.04. The Kier molecular flexibility index (Phi) is 3.38. The molecule has 0 aliphatic heterocycles. The molecule has 6 heteroatoms. The predicted molar refractivity (Wildman–Crippen MR) is 62.9 cm³/mol. The molecule has 5 nitrogen and oxygen atoms in total. The number of nitro benzene ring substituents is 1. The highest BCUT2D eigenvalue weighted by Gasteiger charge is 2.29. The van der Waals surface area contributed by atoms with Crippen molar-refractivity contribution in [1.82, 2.24) is 0 Å². The van der Waals surface area contributed by atoms with Gasteiger partial charge in [-0.2, -0.15) is 0 Å². The van der Waals surface area contributed by atoms with E-state index in [1.165, 1.54) is 19.2 Å². The van der Waals surface area contributed by atoms with Crippen LogP contribution < -0.4 is 9.47 Å². The van der Waals surface area contributed by atoms with Gasteiger partial charge in [0.05, 0.1) is 18.1 Å². The Morgan fingerprint density at radius 2 is 2.18 bits per heavy atom. The molecule has 0 unspecified atom stereocenters. The van der Waals surface area contributed by atoms with Crippen LogP contribution in [0.25, 0.3) is 0 Å². The minimum Gasteiger partial charge on any atom is -0.490 e. The summed E-state index contributed by atoms with van der Waals surface area (Å²) in [5.41, 5.74) is -0.0910. The molecule has 0 aromatic heterocycles. The number of hydrogen-bond donors (Lipinski definition) is 0. The fraction of sp³-hybridized carbons (Fsp3) is 0.455. The van der Waals surface area contributed by atoms with Crippen molar-refractivity contribution in [3.63, 3.8) is 0 Å². The first-order chi connectivity index (χ1) is 8.10. The highest BCUT2D eigenvalue weighted by Crippen LogP contribution is 2.34. The molecule has 1 fully saturated rings. The second-order valence-electron chi connectivity index (χ2n) is 3.90. The molecule has 92 valence electrons. The fourth-order valence-corrected chi connectivity index (χ4v) is 2.07. The number of hydrogen-bond acceptors (Lipinski definition) is 4. The van der Waals surface area contributed by atoms with Crippen LogP contribution in [0.5, 0.6) is 11.5 Å². The van der Waals surface area contributed by atoms with E-state index < -0.39 is 4.92 Å². The number of alkyl halides is 1. The van der Waals surface area contributed by atoms with Gasteiger partial charge in [0.25, 0.3) is 0 Å². The Morgan fingerprint density at radius 1 is 1.47 bits per heavy atom. The summed E-state index contributed by atoms with van der Waals surface area (Å²) in [5.74, 6) is 0.706. The van der Waals surface area contributed by atoms with Gasteiger partial charge in [0.2, 0.25) is 0 Å². The maximum atomic E-state index is 10.8. The van der Waals surface area contributed by atoms with Gasteiger partial charge in [-0.3, -0.25) is 10.1 Å². The van der Waals surface area contributed by atoms with Gasteiger partial charge in [0.1, 0.15) is 11.9 Å². The van der Waals surface area contributed by atoms with Crippen LogP contribution in [0.3, 0.4) is 0 Å². The van der Waals surface area contributed by atoms with Crippen molar-refractivity contribution in [3.05, 3.63) is 28.3 Å². The van der Waals surface area contributed by atoms with Gasteiger partial charge in [-0.25, -0.2) is 0 Å². The van der Waals surface area contributed by atoms with E-state index in [2.05, 4.69) is 0 Å². The molecule has 0 bridgehead atoms. The normalized spacial score (nSPS) is 22.7. The molecule has 17 heavy (non-hydrogen) atoms. The molecular weight excluding hydrogens is 246 g/mol. The molecule has 1 aliphatic rings. The molecule has 0 spiro atoms. The molecule has 1 aromatic rings. The first-order valence-corrected chi connectivity index (χ1v) is 5.67. The second kappa shape index (κ2) is 4.79. The lowest BCUT2D eigenvalue weighted by Gasteiger charge is -2.31. The van der Waals surface area contributed by atoms with Gasteiger partial charge in [0, 0.05) is 18.2 Å². The number of methoxy groups -OCH3 is 1. The number of ether oxygens (including phenoxy) is 2. The first kappa shape index (κ1) is 12.0. The van der Waals surface area contributed by atoms with E-state index in [0.717, 1.165) is 12.8 Å². The molecule has 0 amide bonds. The van der Waals surface area contributed by atoms with Gasteiger partial charge in [-0.15, -0.1) is 11.6 Å². The van der Waals surface area contributed by atoms with Crippen LogP contribution in [-0.2, 0) is 0 Å². The van der Waals surface area contributed by atoms with Crippen LogP contribution in [-0.4, -0.2) is 23.5 Å². The Hall–Kier alpha value is -1.49. The number of nitro groups is 1. The van der Waals surface area contributed by atoms with E-state index in [0.29, 0.717) is 5.75 Å². The highest BCUT2D eigenvalue weighted by atomic mass is 35.5. The van der Waals surface area contributed by atoms with E-state index >= 15 is 0 Å². The average molecular weight is 258 g/mol. The summed E-state index contributed by atoms with van der Waals surface area (Å²) < 4.78 is 10.5. The largest absolute Gasteiger partial charge is 0.490 e. The number of halogens is 1. The van der Waals surface area contributed by atoms with Crippen molar-refractivity contribution < 1.29 is 14.4 Å². The van der Waals surface area contributed by atoms with Crippen LogP contribution in [0.15, 0.2) is 18.2 Å². The second-order valence-corrected chi connectivity index (χ2v) is 4.52. The summed E-state index contributed by atoms with van der Waals surface area (Å²) in [7, 11) is 1.40.